The summed E-state index contributed by atoms with van der Waals surface area (Å²) in [5, 5.41) is 13.6. The number of hydrogen-bond acceptors (Lipinski definition) is 7. The molecule has 2 amide bonds. The highest BCUT2D eigenvalue weighted by atomic mass is 32.2. The van der Waals surface area contributed by atoms with Crippen molar-refractivity contribution in [3.8, 4) is 0 Å². The molecule has 7 nitrogen and oxygen atoms in total. The molecular formula is C17H16N4O3S2. The average Bonchev–Trinajstić information content (AvgIpc) is 3.33. The van der Waals surface area contributed by atoms with Crippen LogP contribution in [-0.2, 0) is 10.5 Å². The SMILES string of the molecule is C[C@H](NC(=O)c1ccco1)C(=O)Nc1nnc(SCc2ccccc2)s1. The van der Waals surface area contributed by atoms with Gasteiger partial charge in [-0.15, -0.1) is 10.2 Å². The van der Waals surface area contributed by atoms with Crippen molar-refractivity contribution in [2.45, 2.75) is 23.1 Å². The number of benzene rings is 1. The normalized spacial score (nSPS) is 11.7. The molecular weight excluding hydrogens is 372 g/mol. The molecule has 3 rings (SSSR count). The number of furan rings is 1. The predicted octanol–water partition coefficient (Wildman–Crippen LogP) is 3.18. The van der Waals surface area contributed by atoms with E-state index in [9.17, 15) is 9.59 Å². The Morgan fingerprint density at radius 3 is 2.73 bits per heavy atom. The quantitative estimate of drug-likeness (QED) is 0.477. The van der Waals surface area contributed by atoms with Crippen molar-refractivity contribution in [1.29, 1.82) is 0 Å². The molecule has 0 spiro atoms. The first-order valence-corrected chi connectivity index (χ1v) is 9.57. The molecule has 2 N–H and O–H groups in total. The van der Waals surface area contributed by atoms with E-state index in [1.54, 1.807) is 24.8 Å². The molecule has 0 bridgehead atoms. The Bertz CT molecular complexity index is 865. The van der Waals surface area contributed by atoms with Crippen LogP contribution in [0.5, 0.6) is 0 Å². The van der Waals surface area contributed by atoms with Crippen molar-refractivity contribution in [2.24, 2.45) is 0 Å². The lowest BCUT2D eigenvalue weighted by atomic mass is 10.2. The van der Waals surface area contributed by atoms with Crippen LogP contribution in [0.15, 0.2) is 57.5 Å². The highest BCUT2D eigenvalue weighted by Gasteiger charge is 2.19. The second kappa shape index (κ2) is 8.63. The van der Waals surface area contributed by atoms with Crippen LogP contribution in [-0.4, -0.2) is 28.1 Å². The number of amides is 2. The van der Waals surface area contributed by atoms with Gasteiger partial charge in [0.05, 0.1) is 6.26 Å². The minimum absolute atomic E-state index is 0.153. The van der Waals surface area contributed by atoms with Gasteiger partial charge in [0.2, 0.25) is 11.0 Å². The summed E-state index contributed by atoms with van der Waals surface area (Å²) in [4.78, 5) is 24.1. The maximum absolute atomic E-state index is 12.2. The lowest BCUT2D eigenvalue weighted by molar-refractivity contribution is -0.117. The summed E-state index contributed by atoms with van der Waals surface area (Å²) in [5.74, 6) is 0.105. The molecule has 2 aromatic heterocycles. The van der Waals surface area contributed by atoms with Crippen molar-refractivity contribution >= 4 is 40.0 Å². The van der Waals surface area contributed by atoms with Gasteiger partial charge in [-0.3, -0.25) is 14.9 Å². The fraction of sp³-hybridized carbons (Fsp3) is 0.176. The van der Waals surface area contributed by atoms with Gasteiger partial charge in [0, 0.05) is 5.75 Å². The average molecular weight is 388 g/mol. The minimum Gasteiger partial charge on any atom is -0.459 e. The summed E-state index contributed by atoms with van der Waals surface area (Å²) in [5.41, 5.74) is 1.19. The first-order chi connectivity index (χ1) is 12.6. The van der Waals surface area contributed by atoms with E-state index >= 15 is 0 Å². The van der Waals surface area contributed by atoms with Crippen LogP contribution in [0.3, 0.4) is 0 Å². The maximum Gasteiger partial charge on any atom is 0.287 e. The van der Waals surface area contributed by atoms with E-state index in [4.69, 9.17) is 4.42 Å². The second-order valence-electron chi connectivity index (χ2n) is 5.31. The molecule has 0 aliphatic rings. The molecule has 1 aromatic carbocycles. The van der Waals surface area contributed by atoms with Crippen molar-refractivity contribution < 1.29 is 14.0 Å². The zero-order valence-corrected chi connectivity index (χ0v) is 15.5. The smallest absolute Gasteiger partial charge is 0.287 e. The van der Waals surface area contributed by atoms with Crippen molar-refractivity contribution in [1.82, 2.24) is 15.5 Å². The summed E-state index contributed by atoms with van der Waals surface area (Å²) in [6.07, 6.45) is 1.40. The zero-order valence-electron chi connectivity index (χ0n) is 13.8. The van der Waals surface area contributed by atoms with Crippen molar-refractivity contribution in [2.75, 3.05) is 5.32 Å². The Morgan fingerprint density at radius 1 is 1.19 bits per heavy atom. The molecule has 1 atom stereocenters. The molecule has 3 aromatic rings. The number of nitrogens with one attached hydrogen (secondary N) is 2. The van der Waals surface area contributed by atoms with Gasteiger partial charge in [0.1, 0.15) is 6.04 Å². The van der Waals surface area contributed by atoms with Gasteiger partial charge in [-0.2, -0.15) is 0 Å². The van der Waals surface area contributed by atoms with E-state index in [-0.39, 0.29) is 11.7 Å². The number of rotatable bonds is 7. The number of aromatic nitrogens is 2. The van der Waals surface area contributed by atoms with Crippen LogP contribution >= 0.6 is 23.1 Å². The summed E-state index contributed by atoms with van der Waals surface area (Å²) in [7, 11) is 0. The molecule has 0 saturated carbocycles. The van der Waals surface area contributed by atoms with Crippen LogP contribution in [0.2, 0.25) is 0 Å². The molecule has 0 aliphatic carbocycles. The summed E-state index contributed by atoms with van der Waals surface area (Å²) in [6.45, 7) is 1.59. The van der Waals surface area contributed by atoms with E-state index in [1.165, 1.54) is 29.2 Å². The first kappa shape index (κ1) is 18.2. The summed E-state index contributed by atoms with van der Waals surface area (Å²) < 4.78 is 5.75. The van der Waals surface area contributed by atoms with Crippen LogP contribution in [0.4, 0.5) is 5.13 Å². The third kappa shape index (κ3) is 4.93. The monoisotopic (exact) mass is 388 g/mol. The number of nitrogens with zero attached hydrogens (tertiary/aromatic N) is 2. The topological polar surface area (TPSA) is 97.1 Å². The molecule has 0 saturated heterocycles. The second-order valence-corrected chi connectivity index (χ2v) is 7.51. The van der Waals surface area contributed by atoms with Gasteiger partial charge in [0.15, 0.2) is 10.1 Å². The number of carbonyl (C=O) groups excluding carboxylic acids is 2. The molecule has 0 fully saturated rings. The number of thioether (sulfide) groups is 1. The maximum atomic E-state index is 12.2. The van der Waals surface area contributed by atoms with Gasteiger partial charge in [-0.25, -0.2) is 0 Å². The molecule has 134 valence electrons. The van der Waals surface area contributed by atoms with Gasteiger partial charge in [-0.1, -0.05) is 53.4 Å². The van der Waals surface area contributed by atoms with Crippen molar-refractivity contribution in [3.05, 3.63) is 60.1 Å². The summed E-state index contributed by atoms with van der Waals surface area (Å²) in [6, 6.07) is 12.4. The van der Waals surface area contributed by atoms with E-state index in [0.29, 0.717) is 5.13 Å². The van der Waals surface area contributed by atoms with Gasteiger partial charge in [0.25, 0.3) is 5.91 Å². The largest absolute Gasteiger partial charge is 0.459 e. The van der Waals surface area contributed by atoms with Gasteiger partial charge < -0.3 is 9.73 Å². The Kier molecular flexibility index (Phi) is 6.03. The molecule has 9 heteroatoms. The molecule has 2 heterocycles. The Hall–Kier alpha value is -2.65. The Labute approximate surface area is 158 Å². The van der Waals surface area contributed by atoms with Crippen LogP contribution in [0.1, 0.15) is 23.0 Å². The van der Waals surface area contributed by atoms with Crippen LogP contribution in [0.25, 0.3) is 0 Å². The third-order valence-corrected chi connectivity index (χ3v) is 5.37. The van der Waals surface area contributed by atoms with Crippen molar-refractivity contribution in [3.63, 3.8) is 0 Å². The number of carbonyl (C=O) groups is 2. The molecule has 0 aliphatic heterocycles. The lowest BCUT2D eigenvalue weighted by Crippen LogP contribution is -2.41. The fourth-order valence-corrected chi connectivity index (χ4v) is 3.70. The molecule has 26 heavy (non-hydrogen) atoms. The third-order valence-electron chi connectivity index (χ3n) is 3.33. The Morgan fingerprint density at radius 2 is 2.00 bits per heavy atom. The van der Waals surface area contributed by atoms with E-state index in [2.05, 4.69) is 20.8 Å². The van der Waals surface area contributed by atoms with Gasteiger partial charge in [-0.05, 0) is 24.6 Å². The standard InChI is InChI=1S/C17H16N4O3S2/c1-11(18-15(23)13-8-5-9-24-13)14(22)19-16-20-21-17(26-16)25-10-12-6-3-2-4-7-12/h2-9,11H,10H2,1H3,(H,18,23)(H,19,20,22)/t11-/m0/s1. The minimum atomic E-state index is -0.739. The molecule has 0 unspecified atom stereocenters. The van der Waals surface area contributed by atoms with Crippen LogP contribution < -0.4 is 10.6 Å². The number of anilines is 1. The van der Waals surface area contributed by atoms with E-state index in [0.717, 1.165) is 10.1 Å². The zero-order chi connectivity index (χ0) is 18.4. The fourth-order valence-electron chi connectivity index (χ4n) is 1.99. The number of hydrogen-bond donors (Lipinski definition) is 2. The summed E-state index contributed by atoms with van der Waals surface area (Å²) >= 11 is 2.84. The highest BCUT2D eigenvalue weighted by molar-refractivity contribution is 8.00. The Balaban J connectivity index is 1.50. The first-order valence-electron chi connectivity index (χ1n) is 7.77. The van der Waals surface area contributed by atoms with Crippen LogP contribution in [0, 0.1) is 0 Å². The highest BCUT2D eigenvalue weighted by Crippen LogP contribution is 2.28. The van der Waals surface area contributed by atoms with E-state index < -0.39 is 11.9 Å². The molecule has 0 radical (unpaired) electrons. The predicted molar refractivity (Wildman–Crippen MR) is 100 cm³/mol. The van der Waals surface area contributed by atoms with Gasteiger partial charge >= 0.3 is 0 Å². The lowest BCUT2D eigenvalue weighted by Gasteiger charge is -2.11. The van der Waals surface area contributed by atoms with E-state index in [1.807, 2.05) is 30.3 Å².